The van der Waals surface area contributed by atoms with E-state index in [0.29, 0.717) is 23.1 Å². The lowest BCUT2D eigenvalue weighted by Crippen LogP contribution is -2.34. The van der Waals surface area contributed by atoms with Crippen LogP contribution in [-0.2, 0) is 0 Å². The van der Waals surface area contributed by atoms with E-state index in [-0.39, 0.29) is 5.82 Å². The molecule has 1 aliphatic rings. The molecule has 0 saturated carbocycles. The lowest BCUT2D eigenvalue weighted by Gasteiger charge is -2.25. The van der Waals surface area contributed by atoms with E-state index in [1.165, 1.54) is 6.07 Å². The molecule has 3 atom stereocenters. The van der Waals surface area contributed by atoms with E-state index < -0.39 is 6.10 Å². The van der Waals surface area contributed by atoms with Gasteiger partial charge < -0.3 is 14.9 Å². The van der Waals surface area contributed by atoms with Gasteiger partial charge in [-0.05, 0) is 51.6 Å². The topological polar surface area (TPSA) is 26.7 Å². The molecule has 2 unspecified atom stereocenters. The van der Waals surface area contributed by atoms with Crippen LogP contribution in [0.4, 0.5) is 10.1 Å². The van der Waals surface area contributed by atoms with Crippen LogP contribution in [0.2, 0.25) is 0 Å². The predicted molar refractivity (Wildman–Crippen MR) is 80.6 cm³/mol. The van der Waals surface area contributed by atoms with Crippen LogP contribution in [-0.4, -0.2) is 43.2 Å². The van der Waals surface area contributed by atoms with Gasteiger partial charge in [-0.15, -0.1) is 0 Å². The van der Waals surface area contributed by atoms with E-state index in [0.717, 1.165) is 18.8 Å². The molecule has 1 heterocycles. The normalized spacial score (nSPS) is 24.5. The number of aliphatic hydroxyl groups is 1. The molecule has 0 aliphatic carbocycles. The first kappa shape index (κ1) is 15.3. The summed E-state index contributed by atoms with van der Waals surface area (Å²) in [6, 6.07) is 3.83. The number of rotatable bonds is 3. The van der Waals surface area contributed by atoms with Crippen LogP contribution in [0.3, 0.4) is 0 Å². The molecule has 0 aromatic heterocycles. The van der Waals surface area contributed by atoms with Gasteiger partial charge in [-0.1, -0.05) is 6.92 Å². The first-order chi connectivity index (χ1) is 9.31. The number of benzene rings is 1. The monoisotopic (exact) mass is 280 g/mol. The highest BCUT2D eigenvalue weighted by molar-refractivity contribution is 5.57. The van der Waals surface area contributed by atoms with Gasteiger partial charge >= 0.3 is 0 Å². The molecule has 1 N–H and O–H groups in total. The number of anilines is 1. The number of aryl methyl sites for hydroxylation is 1. The first-order valence-corrected chi connectivity index (χ1v) is 7.20. The smallest absolute Gasteiger partial charge is 0.126 e. The van der Waals surface area contributed by atoms with Gasteiger partial charge in [-0.25, -0.2) is 4.39 Å². The van der Waals surface area contributed by atoms with Crippen molar-refractivity contribution in [1.29, 1.82) is 0 Å². The molecular formula is C16H25FN2O. The molecule has 1 aromatic rings. The van der Waals surface area contributed by atoms with Crippen LogP contribution in [0.15, 0.2) is 12.1 Å². The Labute approximate surface area is 121 Å². The van der Waals surface area contributed by atoms with Crippen molar-refractivity contribution < 1.29 is 9.50 Å². The first-order valence-electron chi connectivity index (χ1n) is 7.20. The second-order valence-corrected chi connectivity index (χ2v) is 6.25. The third kappa shape index (κ3) is 2.81. The highest BCUT2D eigenvalue weighted by atomic mass is 19.1. The summed E-state index contributed by atoms with van der Waals surface area (Å²) in [5.41, 5.74) is 2.28. The lowest BCUT2D eigenvalue weighted by atomic mass is 10.0. The number of likely N-dealkylation sites (N-methyl/N-ethyl adjacent to an activating group) is 1. The van der Waals surface area contributed by atoms with Crippen LogP contribution < -0.4 is 4.90 Å². The third-order valence-corrected chi connectivity index (χ3v) is 4.33. The van der Waals surface area contributed by atoms with Crippen LogP contribution in [0.5, 0.6) is 0 Å². The minimum atomic E-state index is -0.659. The van der Waals surface area contributed by atoms with E-state index in [2.05, 4.69) is 30.8 Å². The largest absolute Gasteiger partial charge is 0.389 e. The summed E-state index contributed by atoms with van der Waals surface area (Å²) in [4.78, 5) is 4.51. The fourth-order valence-electron chi connectivity index (χ4n) is 3.11. The minimum Gasteiger partial charge on any atom is -0.389 e. The third-order valence-electron chi connectivity index (χ3n) is 4.33. The molecule has 112 valence electrons. The summed E-state index contributed by atoms with van der Waals surface area (Å²) in [5, 5.41) is 9.92. The van der Waals surface area contributed by atoms with Crippen molar-refractivity contribution in [2.75, 3.05) is 32.1 Å². The van der Waals surface area contributed by atoms with Crippen molar-refractivity contribution in [3.63, 3.8) is 0 Å². The summed E-state index contributed by atoms with van der Waals surface area (Å²) in [6.45, 7) is 7.56. The fourth-order valence-corrected chi connectivity index (χ4v) is 3.11. The standard InChI is InChI=1S/C16H25FN2O/c1-10-6-15(13(12(3)20)7-14(10)17)19-8-11(2)16(9-19)18(4)5/h6-7,11-12,16,20H,8-9H2,1-5H3/t11?,12-,16?/m0/s1. The average molecular weight is 280 g/mol. The second-order valence-electron chi connectivity index (χ2n) is 6.25. The molecule has 4 heteroatoms. The molecule has 0 spiro atoms. The van der Waals surface area contributed by atoms with Crippen LogP contribution in [0.25, 0.3) is 0 Å². The zero-order chi connectivity index (χ0) is 15.0. The van der Waals surface area contributed by atoms with Crippen molar-refractivity contribution in [3.05, 3.63) is 29.1 Å². The molecule has 2 rings (SSSR count). The average Bonchev–Trinajstić information content (AvgIpc) is 2.74. The Bertz CT molecular complexity index is 488. The highest BCUT2D eigenvalue weighted by Gasteiger charge is 2.32. The van der Waals surface area contributed by atoms with Crippen LogP contribution >= 0.6 is 0 Å². The van der Waals surface area contributed by atoms with Gasteiger partial charge in [-0.2, -0.15) is 0 Å². The molecule has 1 saturated heterocycles. The summed E-state index contributed by atoms with van der Waals surface area (Å²) in [6.07, 6.45) is -0.659. The van der Waals surface area contributed by atoms with Crippen molar-refractivity contribution in [2.45, 2.75) is 32.9 Å². The number of halogens is 1. The quantitative estimate of drug-likeness (QED) is 0.922. The van der Waals surface area contributed by atoms with Crippen LogP contribution in [0, 0.1) is 18.7 Å². The molecule has 0 amide bonds. The maximum Gasteiger partial charge on any atom is 0.126 e. The Kier molecular flexibility index (Phi) is 4.35. The van der Waals surface area contributed by atoms with Gasteiger partial charge in [0, 0.05) is 30.4 Å². The Hall–Kier alpha value is -1.13. The minimum absolute atomic E-state index is 0.249. The SMILES string of the molecule is Cc1cc(N2CC(C)C(N(C)C)C2)c([C@H](C)O)cc1F. The van der Waals surface area contributed by atoms with Gasteiger partial charge in [-0.3, -0.25) is 0 Å². The maximum atomic E-state index is 13.8. The molecule has 0 bridgehead atoms. The lowest BCUT2D eigenvalue weighted by molar-refractivity contribution is 0.199. The summed E-state index contributed by atoms with van der Waals surface area (Å²) in [5.74, 6) is 0.304. The highest BCUT2D eigenvalue weighted by Crippen LogP contribution is 2.33. The van der Waals surface area contributed by atoms with Gasteiger partial charge in [0.1, 0.15) is 5.82 Å². The van der Waals surface area contributed by atoms with Crippen LogP contribution in [0.1, 0.15) is 31.1 Å². The Morgan fingerprint density at radius 1 is 1.35 bits per heavy atom. The maximum absolute atomic E-state index is 13.8. The van der Waals surface area contributed by atoms with E-state index >= 15 is 0 Å². The van der Waals surface area contributed by atoms with Crippen molar-refractivity contribution in [3.8, 4) is 0 Å². The second kappa shape index (κ2) is 5.70. The summed E-state index contributed by atoms with van der Waals surface area (Å²) >= 11 is 0. The predicted octanol–water partition coefficient (Wildman–Crippen LogP) is 2.57. The van der Waals surface area contributed by atoms with Gasteiger partial charge in [0.05, 0.1) is 6.10 Å². The van der Waals surface area contributed by atoms with Gasteiger partial charge in [0.15, 0.2) is 0 Å². The molecule has 1 fully saturated rings. The van der Waals surface area contributed by atoms with E-state index in [4.69, 9.17) is 0 Å². The molecule has 1 aromatic carbocycles. The van der Waals surface area contributed by atoms with Gasteiger partial charge in [0.2, 0.25) is 0 Å². The van der Waals surface area contributed by atoms with Crippen molar-refractivity contribution in [1.82, 2.24) is 4.90 Å². The number of hydrogen-bond acceptors (Lipinski definition) is 3. The summed E-state index contributed by atoms with van der Waals surface area (Å²) in [7, 11) is 4.19. The van der Waals surface area contributed by atoms with Crippen molar-refractivity contribution in [2.24, 2.45) is 5.92 Å². The molecule has 20 heavy (non-hydrogen) atoms. The zero-order valence-electron chi connectivity index (χ0n) is 13.0. The number of hydrogen-bond donors (Lipinski definition) is 1. The molecule has 0 radical (unpaired) electrons. The Balaban J connectivity index is 2.36. The van der Waals surface area contributed by atoms with Gasteiger partial charge in [0.25, 0.3) is 0 Å². The fraction of sp³-hybridized carbons (Fsp3) is 0.625. The zero-order valence-corrected chi connectivity index (χ0v) is 13.0. The number of nitrogens with zero attached hydrogens (tertiary/aromatic N) is 2. The Morgan fingerprint density at radius 3 is 2.50 bits per heavy atom. The number of aliphatic hydroxyl groups excluding tert-OH is 1. The molecular weight excluding hydrogens is 255 g/mol. The Morgan fingerprint density at radius 2 is 2.00 bits per heavy atom. The molecule has 3 nitrogen and oxygen atoms in total. The molecule has 1 aliphatic heterocycles. The van der Waals surface area contributed by atoms with E-state index in [1.807, 2.05) is 6.07 Å². The van der Waals surface area contributed by atoms with Crippen molar-refractivity contribution >= 4 is 5.69 Å². The van der Waals surface area contributed by atoms with E-state index in [9.17, 15) is 9.50 Å². The van der Waals surface area contributed by atoms with E-state index in [1.54, 1.807) is 13.8 Å². The summed E-state index contributed by atoms with van der Waals surface area (Å²) < 4.78 is 13.8.